The molecule has 1 fully saturated rings. The highest BCUT2D eigenvalue weighted by Gasteiger charge is 2.43. The van der Waals surface area contributed by atoms with Gasteiger partial charge >= 0.3 is 11.9 Å². The molecule has 0 saturated carbocycles. The normalized spacial score (nSPS) is 19.1. The van der Waals surface area contributed by atoms with Crippen LogP contribution in [0.15, 0.2) is 24.3 Å². The lowest BCUT2D eigenvalue weighted by Crippen LogP contribution is -2.48. The van der Waals surface area contributed by atoms with Gasteiger partial charge in [0.1, 0.15) is 18.2 Å². The quantitative estimate of drug-likeness (QED) is 0.0667. The van der Waals surface area contributed by atoms with Gasteiger partial charge in [0.25, 0.3) is 0 Å². The zero-order valence-corrected chi connectivity index (χ0v) is 23.9. The molecule has 0 aromatic carbocycles. The lowest BCUT2D eigenvalue weighted by atomic mass is 9.87. The van der Waals surface area contributed by atoms with Crippen molar-refractivity contribution in [2.75, 3.05) is 0 Å². The SMILES string of the molecule is CCCCCCC/C=C/C/C=C/CC(CC1OC(=O)C1CCCCCC)OC(=O)C(CC(C)C)NC=O. The Kier molecular flexibility index (Phi) is 18.6. The monoisotopic (exact) mass is 519 g/mol. The highest BCUT2D eigenvalue weighted by molar-refractivity contribution is 5.79. The Balaban J connectivity index is 2.64. The number of ether oxygens (including phenoxy) is 2. The number of esters is 2. The van der Waals surface area contributed by atoms with E-state index < -0.39 is 18.1 Å². The standard InChI is InChI=1S/C31H53NO5/c1-5-7-9-11-12-13-14-15-16-17-18-20-26(36-31(35)28(32-24-33)22-25(3)4)23-29-27(30(34)37-29)21-19-10-8-6-2/h14-15,17-18,24-29H,5-13,16,19-23H2,1-4H3,(H,32,33)/b15-14+,18-17+. The van der Waals surface area contributed by atoms with Gasteiger partial charge in [0, 0.05) is 12.8 Å². The molecule has 0 spiro atoms. The van der Waals surface area contributed by atoms with Gasteiger partial charge in [-0.1, -0.05) is 103 Å². The lowest BCUT2D eigenvalue weighted by Gasteiger charge is -2.37. The Morgan fingerprint density at radius 2 is 1.65 bits per heavy atom. The molecule has 37 heavy (non-hydrogen) atoms. The van der Waals surface area contributed by atoms with Crippen molar-refractivity contribution in [3.63, 3.8) is 0 Å². The maximum Gasteiger partial charge on any atom is 0.328 e. The first-order chi connectivity index (χ1) is 17.9. The first-order valence-electron chi connectivity index (χ1n) is 14.8. The molecule has 0 aromatic heterocycles. The van der Waals surface area contributed by atoms with Crippen LogP contribution in [0.5, 0.6) is 0 Å². The van der Waals surface area contributed by atoms with Crippen LogP contribution in [0.4, 0.5) is 0 Å². The van der Waals surface area contributed by atoms with E-state index >= 15 is 0 Å². The van der Waals surface area contributed by atoms with Crippen molar-refractivity contribution in [1.29, 1.82) is 0 Å². The summed E-state index contributed by atoms with van der Waals surface area (Å²) in [4.78, 5) is 36.0. The van der Waals surface area contributed by atoms with Gasteiger partial charge in [-0.15, -0.1) is 0 Å². The molecule has 1 N–H and O–H groups in total. The van der Waals surface area contributed by atoms with Gasteiger partial charge in [-0.25, -0.2) is 4.79 Å². The number of cyclic esters (lactones) is 1. The maximum atomic E-state index is 12.9. The smallest absolute Gasteiger partial charge is 0.328 e. The number of carbonyl (C=O) groups excluding carboxylic acids is 3. The molecule has 4 atom stereocenters. The Morgan fingerprint density at radius 3 is 2.30 bits per heavy atom. The summed E-state index contributed by atoms with van der Waals surface area (Å²) in [6.45, 7) is 8.41. The Labute approximate surface area is 226 Å². The van der Waals surface area contributed by atoms with Gasteiger partial charge in [0.2, 0.25) is 6.41 Å². The van der Waals surface area contributed by atoms with Gasteiger partial charge in [0.05, 0.1) is 5.92 Å². The molecule has 1 rings (SSSR count). The van der Waals surface area contributed by atoms with Gasteiger partial charge < -0.3 is 14.8 Å². The first-order valence-corrected chi connectivity index (χ1v) is 14.8. The van der Waals surface area contributed by atoms with Crippen molar-refractivity contribution in [1.82, 2.24) is 5.32 Å². The minimum atomic E-state index is -0.668. The molecule has 0 bridgehead atoms. The second-order valence-corrected chi connectivity index (χ2v) is 10.8. The molecular formula is C31H53NO5. The molecule has 1 heterocycles. The van der Waals surface area contributed by atoms with Gasteiger partial charge in [0.15, 0.2) is 0 Å². The van der Waals surface area contributed by atoms with E-state index in [1.54, 1.807) is 0 Å². The number of amides is 1. The van der Waals surface area contributed by atoms with Crippen LogP contribution in [-0.2, 0) is 23.9 Å². The summed E-state index contributed by atoms with van der Waals surface area (Å²) in [6.07, 6.45) is 23.8. The van der Waals surface area contributed by atoms with Crippen LogP contribution in [0.3, 0.4) is 0 Å². The fourth-order valence-electron chi connectivity index (χ4n) is 4.69. The van der Waals surface area contributed by atoms with Crippen LogP contribution in [0.2, 0.25) is 0 Å². The Morgan fingerprint density at radius 1 is 0.973 bits per heavy atom. The summed E-state index contributed by atoms with van der Waals surface area (Å²) in [5.41, 5.74) is 0. The van der Waals surface area contributed by atoms with Crippen LogP contribution in [0.1, 0.15) is 124 Å². The van der Waals surface area contributed by atoms with Crippen LogP contribution >= 0.6 is 0 Å². The van der Waals surface area contributed by atoms with E-state index in [-0.39, 0.29) is 23.9 Å². The molecule has 1 aliphatic heterocycles. The summed E-state index contributed by atoms with van der Waals surface area (Å²) < 4.78 is 11.3. The minimum absolute atomic E-state index is 0.109. The predicted octanol–water partition coefficient (Wildman–Crippen LogP) is 7.21. The minimum Gasteiger partial charge on any atom is -0.461 e. The third kappa shape index (κ3) is 15.0. The van der Waals surface area contributed by atoms with Gasteiger partial charge in [-0.2, -0.15) is 0 Å². The van der Waals surface area contributed by atoms with Crippen molar-refractivity contribution in [3.8, 4) is 0 Å². The van der Waals surface area contributed by atoms with Crippen molar-refractivity contribution < 1.29 is 23.9 Å². The summed E-state index contributed by atoms with van der Waals surface area (Å²) in [6, 6.07) is -0.668. The maximum absolute atomic E-state index is 12.9. The van der Waals surface area contributed by atoms with Gasteiger partial charge in [-0.05, 0) is 38.0 Å². The molecule has 4 unspecified atom stereocenters. The topological polar surface area (TPSA) is 81.7 Å². The highest BCUT2D eigenvalue weighted by atomic mass is 16.6. The number of unbranched alkanes of at least 4 members (excludes halogenated alkanes) is 8. The molecule has 0 aromatic rings. The van der Waals surface area contributed by atoms with E-state index in [9.17, 15) is 14.4 Å². The second-order valence-electron chi connectivity index (χ2n) is 10.8. The van der Waals surface area contributed by atoms with Gasteiger partial charge in [-0.3, -0.25) is 9.59 Å². The van der Waals surface area contributed by atoms with Crippen LogP contribution in [0, 0.1) is 11.8 Å². The Bertz CT molecular complexity index is 687. The van der Waals surface area contributed by atoms with E-state index in [0.29, 0.717) is 25.7 Å². The number of allylic oxidation sites excluding steroid dienone is 3. The van der Waals surface area contributed by atoms with E-state index in [4.69, 9.17) is 9.47 Å². The van der Waals surface area contributed by atoms with E-state index in [2.05, 4.69) is 37.4 Å². The summed E-state index contributed by atoms with van der Waals surface area (Å²) in [5, 5.41) is 2.60. The number of carbonyl (C=O) groups is 3. The molecule has 6 heteroatoms. The van der Waals surface area contributed by atoms with Crippen molar-refractivity contribution in [3.05, 3.63) is 24.3 Å². The third-order valence-electron chi connectivity index (χ3n) is 6.91. The molecule has 1 aliphatic rings. The average Bonchev–Trinajstić information content (AvgIpc) is 2.86. The summed E-state index contributed by atoms with van der Waals surface area (Å²) in [5.74, 6) is -0.432. The summed E-state index contributed by atoms with van der Waals surface area (Å²) >= 11 is 0. The molecule has 1 amide bonds. The summed E-state index contributed by atoms with van der Waals surface area (Å²) in [7, 11) is 0. The van der Waals surface area contributed by atoms with E-state index in [1.807, 2.05) is 19.9 Å². The molecule has 6 nitrogen and oxygen atoms in total. The highest BCUT2D eigenvalue weighted by Crippen LogP contribution is 2.32. The molecule has 212 valence electrons. The van der Waals surface area contributed by atoms with Crippen molar-refractivity contribution in [2.24, 2.45) is 11.8 Å². The zero-order valence-electron chi connectivity index (χ0n) is 23.9. The largest absolute Gasteiger partial charge is 0.461 e. The number of hydrogen-bond donors (Lipinski definition) is 1. The average molecular weight is 520 g/mol. The van der Waals surface area contributed by atoms with Crippen LogP contribution in [0.25, 0.3) is 0 Å². The van der Waals surface area contributed by atoms with Crippen LogP contribution < -0.4 is 5.32 Å². The number of nitrogens with one attached hydrogen (secondary N) is 1. The molecule has 0 aliphatic carbocycles. The molecular weight excluding hydrogens is 466 g/mol. The van der Waals surface area contributed by atoms with Crippen molar-refractivity contribution in [2.45, 2.75) is 142 Å². The molecule has 1 saturated heterocycles. The molecule has 0 radical (unpaired) electrons. The number of rotatable bonds is 23. The fourth-order valence-corrected chi connectivity index (χ4v) is 4.69. The zero-order chi connectivity index (χ0) is 27.3. The van der Waals surface area contributed by atoms with E-state index in [1.165, 1.54) is 38.5 Å². The Hall–Kier alpha value is -2.11. The fraction of sp³-hybridized carbons (Fsp3) is 0.774. The van der Waals surface area contributed by atoms with Crippen molar-refractivity contribution >= 4 is 18.3 Å². The van der Waals surface area contributed by atoms with Crippen LogP contribution in [-0.4, -0.2) is 36.6 Å². The second kappa shape index (κ2) is 20.9. The lowest BCUT2D eigenvalue weighted by molar-refractivity contribution is -0.190. The predicted molar refractivity (Wildman–Crippen MR) is 150 cm³/mol. The number of hydrogen-bond acceptors (Lipinski definition) is 5. The third-order valence-corrected chi connectivity index (χ3v) is 6.91. The first kappa shape index (κ1) is 32.9. The van der Waals surface area contributed by atoms with E-state index in [0.717, 1.165) is 38.5 Å².